The van der Waals surface area contributed by atoms with Gasteiger partial charge in [0.05, 0.1) is 17.6 Å². The molecule has 88 valence electrons. The fraction of sp³-hybridized carbons (Fsp3) is 0.333. The molecule has 0 bridgehead atoms. The fourth-order valence-electron chi connectivity index (χ4n) is 1.20. The third kappa shape index (κ3) is 2.81. The minimum atomic E-state index is -0.971. The number of anilines is 2. The smallest absolute Gasteiger partial charge is 0.314 e. The van der Waals surface area contributed by atoms with E-state index >= 15 is 0 Å². The van der Waals surface area contributed by atoms with Gasteiger partial charge in [0.25, 0.3) is 0 Å². The number of para-hydroxylation sites is 1. The van der Waals surface area contributed by atoms with E-state index in [4.69, 9.17) is 15.9 Å². The number of rotatable bonds is 5. The van der Waals surface area contributed by atoms with Gasteiger partial charge in [-0.25, -0.2) is 0 Å². The third-order valence-electron chi connectivity index (χ3n) is 1.99. The van der Waals surface area contributed by atoms with E-state index < -0.39 is 17.6 Å². The van der Waals surface area contributed by atoms with Gasteiger partial charge in [-0.15, -0.1) is 0 Å². The lowest BCUT2D eigenvalue weighted by Crippen LogP contribution is -2.23. The van der Waals surface area contributed by atoms with Crippen molar-refractivity contribution in [2.45, 2.75) is 6.10 Å². The maximum atomic E-state index is 10.7. The Hall–Kier alpha value is -1.86. The number of nitrogens with one attached hydrogen (secondary N) is 1. The number of nitro benzene ring substituents is 1. The van der Waals surface area contributed by atoms with Crippen LogP contribution in [0.2, 0.25) is 0 Å². The van der Waals surface area contributed by atoms with Crippen molar-refractivity contribution in [3.8, 4) is 0 Å². The molecule has 7 nitrogen and oxygen atoms in total. The number of nitrogens with zero attached hydrogens (tertiary/aromatic N) is 1. The minimum absolute atomic E-state index is 0.0147. The maximum Gasteiger partial charge on any atom is 0.314 e. The highest BCUT2D eigenvalue weighted by atomic mass is 16.6. The summed E-state index contributed by atoms with van der Waals surface area (Å²) in [5.41, 5.74) is 5.51. The number of aliphatic hydroxyl groups is 2. The zero-order valence-electron chi connectivity index (χ0n) is 8.46. The third-order valence-corrected chi connectivity index (χ3v) is 1.99. The summed E-state index contributed by atoms with van der Waals surface area (Å²) < 4.78 is 0. The number of nitro groups is 1. The number of hydrogen-bond donors (Lipinski definition) is 4. The predicted molar refractivity (Wildman–Crippen MR) is 59.1 cm³/mol. The molecule has 0 aromatic heterocycles. The Kier molecular flexibility index (Phi) is 4.03. The minimum Gasteiger partial charge on any atom is -0.394 e. The van der Waals surface area contributed by atoms with Crippen molar-refractivity contribution in [3.63, 3.8) is 0 Å². The second-order valence-corrected chi connectivity index (χ2v) is 3.22. The molecule has 0 aliphatic rings. The highest BCUT2D eigenvalue weighted by Gasteiger charge is 2.17. The maximum absolute atomic E-state index is 10.7. The van der Waals surface area contributed by atoms with E-state index in [1.165, 1.54) is 12.1 Å². The van der Waals surface area contributed by atoms with Gasteiger partial charge in [0.2, 0.25) is 0 Å². The molecule has 1 aromatic rings. The largest absolute Gasteiger partial charge is 0.394 e. The highest BCUT2D eigenvalue weighted by molar-refractivity contribution is 5.74. The van der Waals surface area contributed by atoms with Crippen LogP contribution in [0.5, 0.6) is 0 Å². The first-order valence-electron chi connectivity index (χ1n) is 4.62. The van der Waals surface area contributed by atoms with E-state index in [0.717, 1.165) is 0 Å². The molecule has 1 atom stereocenters. The van der Waals surface area contributed by atoms with Crippen LogP contribution in [-0.2, 0) is 0 Å². The Morgan fingerprint density at radius 2 is 2.25 bits per heavy atom. The Labute approximate surface area is 91.7 Å². The summed E-state index contributed by atoms with van der Waals surface area (Å²) in [6.45, 7) is -0.399. The van der Waals surface area contributed by atoms with Crippen LogP contribution in [0.1, 0.15) is 0 Å². The van der Waals surface area contributed by atoms with E-state index in [9.17, 15) is 10.1 Å². The molecule has 0 aliphatic heterocycles. The van der Waals surface area contributed by atoms with Crippen molar-refractivity contribution < 1.29 is 15.1 Å². The normalized spacial score (nSPS) is 12.1. The highest BCUT2D eigenvalue weighted by Crippen LogP contribution is 2.30. The average Bonchev–Trinajstić information content (AvgIpc) is 2.25. The fourth-order valence-corrected chi connectivity index (χ4v) is 1.20. The van der Waals surface area contributed by atoms with Gasteiger partial charge >= 0.3 is 5.69 Å². The van der Waals surface area contributed by atoms with Crippen LogP contribution in [0.3, 0.4) is 0 Å². The molecule has 0 aliphatic carbocycles. The number of hydrogen-bond acceptors (Lipinski definition) is 6. The summed E-state index contributed by atoms with van der Waals surface area (Å²) in [7, 11) is 0. The van der Waals surface area contributed by atoms with Crippen molar-refractivity contribution in [2.24, 2.45) is 0 Å². The summed E-state index contributed by atoms with van der Waals surface area (Å²) in [6.07, 6.45) is -0.971. The van der Waals surface area contributed by atoms with Crippen LogP contribution >= 0.6 is 0 Å². The van der Waals surface area contributed by atoms with Crippen molar-refractivity contribution in [1.29, 1.82) is 0 Å². The molecular weight excluding hydrogens is 214 g/mol. The number of nitrogens with two attached hydrogens (primary N) is 1. The van der Waals surface area contributed by atoms with Gasteiger partial charge < -0.3 is 21.3 Å². The molecule has 7 heteroatoms. The van der Waals surface area contributed by atoms with Crippen molar-refractivity contribution in [1.82, 2.24) is 0 Å². The quantitative estimate of drug-likeness (QED) is 0.317. The van der Waals surface area contributed by atoms with Crippen molar-refractivity contribution >= 4 is 17.1 Å². The molecule has 5 N–H and O–H groups in total. The van der Waals surface area contributed by atoms with Crippen molar-refractivity contribution in [2.75, 3.05) is 24.2 Å². The van der Waals surface area contributed by atoms with Crippen LogP contribution in [0.25, 0.3) is 0 Å². The summed E-state index contributed by atoms with van der Waals surface area (Å²) in [4.78, 5) is 10.1. The molecule has 0 fully saturated rings. The lowest BCUT2D eigenvalue weighted by Gasteiger charge is -2.11. The molecule has 0 saturated heterocycles. The Morgan fingerprint density at radius 3 is 2.81 bits per heavy atom. The second kappa shape index (κ2) is 5.29. The van der Waals surface area contributed by atoms with E-state index in [1.807, 2.05) is 0 Å². The van der Waals surface area contributed by atoms with E-state index in [1.54, 1.807) is 6.07 Å². The van der Waals surface area contributed by atoms with Gasteiger partial charge in [-0.1, -0.05) is 6.07 Å². The summed E-state index contributed by atoms with van der Waals surface area (Å²) in [6, 6.07) is 4.47. The monoisotopic (exact) mass is 227 g/mol. The topological polar surface area (TPSA) is 122 Å². The lowest BCUT2D eigenvalue weighted by molar-refractivity contribution is -0.383. The van der Waals surface area contributed by atoms with Gasteiger partial charge in [-0.2, -0.15) is 0 Å². The first kappa shape index (κ1) is 12.2. The number of aliphatic hydroxyl groups excluding tert-OH is 2. The number of nitrogen functional groups attached to an aromatic ring is 1. The lowest BCUT2D eigenvalue weighted by atomic mass is 10.2. The first-order chi connectivity index (χ1) is 7.56. The molecule has 1 rings (SSSR count). The van der Waals surface area contributed by atoms with Crippen LogP contribution in [0.4, 0.5) is 17.1 Å². The van der Waals surface area contributed by atoms with Crippen molar-refractivity contribution in [3.05, 3.63) is 28.3 Å². The molecule has 0 heterocycles. The molecule has 0 spiro atoms. The summed E-state index contributed by atoms with van der Waals surface area (Å²) in [5, 5.41) is 31.1. The van der Waals surface area contributed by atoms with Gasteiger partial charge in [0.1, 0.15) is 11.4 Å². The molecule has 1 unspecified atom stereocenters. The Morgan fingerprint density at radius 1 is 1.56 bits per heavy atom. The standard InChI is InChI=1S/C9H13N3O4/c10-7-2-1-3-8(9(7)12(15)16)11-4-6(14)5-13/h1-3,6,11,13-14H,4-5,10H2. The van der Waals surface area contributed by atoms with E-state index in [0.29, 0.717) is 0 Å². The SMILES string of the molecule is Nc1cccc(NCC(O)CO)c1[N+](=O)[O-]. The molecule has 16 heavy (non-hydrogen) atoms. The van der Waals surface area contributed by atoms with Gasteiger partial charge in [-0.05, 0) is 12.1 Å². The van der Waals surface area contributed by atoms with Gasteiger partial charge in [0, 0.05) is 6.54 Å². The van der Waals surface area contributed by atoms with Crippen LogP contribution in [0.15, 0.2) is 18.2 Å². The molecule has 0 radical (unpaired) electrons. The zero-order chi connectivity index (χ0) is 12.1. The van der Waals surface area contributed by atoms with Crippen LogP contribution < -0.4 is 11.1 Å². The molecule has 0 amide bonds. The predicted octanol–water partition coefficient (Wildman–Crippen LogP) is -0.0579. The van der Waals surface area contributed by atoms with Gasteiger partial charge in [0.15, 0.2) is 0 Å². The number of benzene rings is 1. The molecular formula is C9H13N3O4. The van der Waals surface area contributed by atoms with Crippen LogP contribution in [-0.4, -0.2) is 34.4 Å². The Bertz CT molecular complexity index is 383. The zero-order valence-corrected chi connectivity index (χ0v) is 8.46. The van der Waals surface area contributed by atoms with E-state index in [2.05, 4.69) is 5.32 Å². The molecule has 0 saturated carbocycles. The van der Waals surface area contributed by atoms with Gasteiger partial charge in [-0.3, -0.25) is 10.1 Å². The Balaban J connectivity index is 2.87. The first-order valence-corrected chi connectivity index (χ1v) is 4.62. The second-order valence-electron chi connectivity index (χ2n) is 3.22. The van der Waals surface area contributed by atoms with Crippen LogP contribution in [0, 0.1) is 10.1 Å². The summed E-state index contributed by atoms with van der Waals surface area (Å²) in [5.74, 6) is 0. The van der Waals surface area contributed by atoms with E-state index in [-0.39, 0.29) is 23.6 Å². The average molecular weight is 227 g/mol. The summed E-state index contributed by atoms with van der Waals surface area (Å²) >= 11 is 0. The molecule has 1 aromatic carbocycles.